The van der Waals surface area contributed by atoms with Gasteiger partial charge in [-0.05, 0) is 43.3 Å². The van der Waals surface area contributed by atoms with Gasteiger partial charge in [-0.1, -0.05) is 0 Å². The van der Waals surface area contributed by atoms with Crippen LogP contribution in [0.2, 0.25) is 0 Å². The zero-order valence-electron chi connectivity index (χ0n) is 16.2. The van der Waals surface area contributed by atoms with Gasteiger partial charge in [0.25, 0.3) is 11.8 Å². The Bertz CT molecular complexity index is 828. The number of nitrogens with one attached hydrogen (secondary N) is 1. The van der Waals surface area contributed by atoms with Gasteiger partial charge >= 0.3 is 0 Å². The second kappa shape index (κ2) is 8.75. The quantitative estimate of drug-likeness (QED) is 0.858. The number of ether oxygens (including phenoxy) is 3. The van der Waals surface area contributed by atoms with Crippen molar-refractivity contribution in [2.45, 2.75) is 13.0 Å². The summed E-state index contributed by atoms with van der Waals surface area (Å²) in [5, 5.41) is 2.82. The molecule has 0 aliphatic carbocycles. The van der Waals surface area contributed by atoms with Gasteiger partial charge in [-0.25, -0.2) is 0 Å². The number of carbonyl (C=O) groups is 2. The molecule has 1 aliphatic rings. The molecule has 1 fully saturated rings. The molecule has 148 valence electrons. The first-order valence-corrected chi connectivity index (χ1v) is 9.05. The summed E-state index contributed by atoms with van der Waals surface area (Å²) in [6.07, 6.45) is 0.0381. The molecule has 1 aliphatic heterocycles. The molecule has 1 saturated heterocycles. The zero-order chi connectivity index (χ0) is 20.1. The molecule has 0 radical (unpaired) electrons. The third kappa shape index (κ3) is 4.61. The molecule has 28 heavy (non-hydrogen) atoms. The number of carbonyl (C=O) groups excluding carboxylic acids is 2. The topological polar surface area (TPSA) is 77.1 Å². The fourth-order valence-corrected chi connectivity index (χ4v) is 3.02. The Balaban J connectivity index is 1.68. The van der Waals surface area contributed by atoms with Crippen LogP contribution in [0.5, 0.6) is 11.5 Å². The summed E-state index contributed by atoms with van der Waals surface area (Å²) in [7, 11) is 3.06. The molecule has 0 aromatic heterocycles. The molecule has 0 spiro atoms. The normalized spacial score (nSPS) is 16.4. The van der Waals surface area contributed by atoms with Gasteiger partial charge < -0.3 is 24.4 Å². The van der Waals surface area contributed by atoms with E-state index < -0.39 is 0 Å². The van der Waals surface area contributed by atoms with Crippen LogP contribution in [0, 0.1) is 0 Å². The lowest BCUT2D eigenvalue weighted by atomic mass is 10.1. The minimum Gasteiger partial charge on any atom is -0.497 e. The predicted molar refractivity (Wildman–Crippen MR) is 105 cm³/mol. The van der Waals surface area contributed by atoms with Crippen molar-refractivity contribution in [3.05, 3.63) is 53.6 Å². The van der Waals surface area contributed by atoms with Crippen LogP contribution in [0.1, 0.15) is 27.6 Å². The molecular formula is C21H24N2O5. The van der Waals surface area contributed by atoms with Gasteiger partial charge in [0.1, 0.15) is 11.5 Å². The van der Waals surface area contributed by atoms with E-state index in [0.717, 1.165) is 0 Å². The molecule has 1 atom stereocenters. The Labute approximate surface area is 164 Å². The van der Waals surface area contributed by atoms with Crippen molar-refractivity contribution in [1.29, 1.82) is 0 Å². The second-order valence-electron chi connectivity index (χ2n) is 6.57. The molecule has 0 bridgehead atoms. The van der Waals surface area contributed by atoms with Crippen molar-refractivity contribution in [2.24, 2.45) is 0 Å². The molecule has 1 heterocycles. The number of hydrogen-bond donors (Lipinski definition) is 1. The number of benzene rings is 2. The molecule has 2 amide bonds. The minimum absolute atomic E-state index is 0.0365. The van der Waals surface area contributed by atoms with Crippen molar-refractivity contribution in [3.8, 4) is 11.5 Å². The van der Waals surface area contributed by atoms with E-state index in [1.165, 1.54) is 14.2 Å². The van der Waals surface area contributed by atoms with Gasteiger partial charge in [-0.15, -0.1) is 0 Å². The van der Waals surface area contributed by atoms with Gasteiger partial charge in [-0.2, -0.15) is 0 Å². The Morgan fingerprint density at radius 2 is 1.68 bits per heavy atom. The van der Waals surface area contributed by atoms with Gasteiger partial charge in [0.05, 0.1) is 26.9 Å². The summed E-state index contributed by atoms with van der Waals surface area (Å²) in [5.41, 5.74) is 1.59. The SMILES string of the molecule is COc1cc(OC)cc(C(=O)Nc2ccc(C(=O)N3CCOC(C)C3)cc2)c1. The second-order valence-corrected chi connectivity index (χ2v) is 6.57. The molecule has 2 aromatic rings. The molecule has 3 rings (SSSR count). The van der Waals surface area contributed by atoms with E-state index in [1.54, 1.807) is 47.4 Å². The highest BCUT2D eigenvalue weighted by atomic mass is 16.5. The summed E-state index contributed by atoms with van der Waals surface area (Å²) in [5.74, 6) is 0.735. The van der Waals surface area contributed by atoms with Crippen LogP contribution in [0.15, 0.2) is 42.5 Å². The molecule has 2 aromatic carbocycles. The summed E-state index contributed by atoms with van der Waals surface area (Å²) >= 11 is 0. The number of morpholine rings is 1. The monoisotopic (exact) mass is 384 g/mol. The van der Waals surface area contributed by atoms with Gasteiger partial charge in [0, 0.05) is 36.0 Å². The van der Waals surface area contributed by atoms with E-state index in [9.17, 15) is 9.59 Å². The number of methoxy groups -OCH3 is 2. The lowest BCUT2D eigenvalue weighted by Gasteiger charge is -2.31. The van der Waals surface area contributed by atoms with Crippen molar-refractivity contribution >= 4 is 17.5 Å². The van der Waals surface area contributed by atoms with Crippen molar-refractivity contribution in [1.82, 2.24) is 4.90 Å². The summed E-state index contributed by atoms with van der Waals surface area (Å²) in [6, 6.07) is 11.8. The molecule has 1 N–H and O–H groups in total. The van der Waals surface area contributed by atoms with E-state index in [4.69, 9.17) is 14.2 Å². The summed E-state index contributed by atoms with van der Waals surface area (Å²) in [6.45, 7) is 3.66. The van der Waals surface area contributed by atoms with E-state index in [1.807, 2.05) is 6.92 Å². The summed E-state index contributed by atoms with van der Waals surface area (Å²) in [4.78, 5) is 26.9. The Hall–Kier alpha value is -3.06. The molecule has 7 heteroatoms. The number of hydrogen-bond acceptors (Lipinski definition) is 5. The van der Waals surface area contributed by atoms with Gasteiger partial charge in [0.15, 0.2) is 0 Å². The van der Waals surface area contributed by atoms with E-state index >= 15 is 0 Å². The zero-order valence-corrected chi connectivity index (χ0v) is 16.2. The van der Waals surface area contributed by atoms with E-state index in [0.29, 0.717) is 48.0 Å². The smallest absolute Gasteiger partial charge is 0.255 e. The highest BCUT2D eigenvalue weighted by Gasteiger charge is 2.22. The molecular weight excluding hydrogens is 360 g/mol. The maximum Gasteiger partial charge on any atom is 0.255 e. The van der Waals surface area contributed by atoms with Crippen LogP contribution in [-0.2, 0) is 4.74 Å². The lowest BCUT2D eigenvalue weighted by molar-refractivity contribution is -0.0124. The fraction of sp³-hybridized carbons (Fsp3) is 0.333. The largest absolute Gasteiger partial charge is 0.497 e. The average molecular weight is 384 g/mol. The highest BCUT2D eigenvalue weighted by molar-refractivity contribution is 6.05. The average Bonchev–Trinajstić information content (AvgIpc) is 2.73. The van der Waals surface area contributed by atoms with Gasteiger partial charge in [-0.3, -0.25) is 9.59 Å². The summed E-state index contributed by atoms with van der Waals surface area (Å²) < 4.78 is 15.9. The van der Waals surface area contributed by atoms with Crippen LogP contribution in [0.4, 0.5) is 5.69 Å². The minimum atomic E-state index is -0.293. The molecule has 1 unspecified atom stereocenters. The first kappa shape index (κ1) is 19.7. The third-order valence-corrected chi connectivity index (χ3v) is 4.53. The maximum atomic E-state index is 12.6. The lowest BCUT2D eigenvalue weighted by Crippen LogP contribution is -2.44. The van der Waals surface area contributed by atoms with Crippen LogP contribution < -0.4 is 14.8 Å². The predicted octanol–water partition coefficient (Wildman–Crippen LogP) is 2.82. The fourth-order valence-electron chi connectivity index (χ4n) is 3.02. The van der Waals surface area contributed by atoms with Crippen LogP contribution in [0.25, 0.3) is 0 Å². The molecule has 7 nitrogen and oxygen atoms in total. The van der Waals surface area contributed by atoms with Crippen LogP contribution in [0.3, 0.4) is 0 Å². The Morgan fingerprint density at radius 3 is 2.25 bits per heavy atom. The van der Waals surface area contributed by atoms with Crippen LogP contribution >= 0.6 is 0 Å². The van der Waals surface area contributed by atoms with Crippen molar-refractivity contribution in [3.63, 3.8) is 0 Å². The van der Waals surface area contributed by atoms with Crippen molar-refractivity contribution in [2.75, 3.05) is 39.2 Å². The number of anilines is 1. The Kier molecular flexibility index (Phi) is 6.16. The maximum absolute atomic E-state index is 12.6. The first-order chi connectivity index (χ1) is 13.5. The third-order valence-electron chi connectivity index (χ3n) is 4.53. The first-order valence-electron chi connectivity index (χ1n) is 9.05. The van der Waals surface area contributed by atoms with Gasteiger partial charge in [0.2, 0.25) is 0 Å². The molecule has 0 saturated carbocycles. The number of rotatable bonds is 5. The Morgan fingerprint density at radius 1 is 1.04 bits per heavy atom. The van der Waals surface area contributed by atoms with E-state index in [-0.39, 0.29) is 17.9 Å². The number of amides is 2. The number of nitrogens with zero attached hydrogens (tertiary/aromatic N) is 1. The van der Waals surface area contributed by atoms with Crippen LogP contribution in [-0.4, -0.2) is 56.7 Å². The highest BCUT2D eigenvalue weighted by Crippen LogP contribution is 2.23. The van der Waals surface area contributed by atoms with Crippen molar-refractivity contribution < 1.29 is 23.8 Å². The van der Waals surface area contributed by atoms with E-state index in [2.05, 4.69) is 5.32 Å². The standard InChI is InChI=1S/C21H24N2O5/c1-14-13-23(8-9-28-14)21(25)15-4-6-17(7-5-15)22-20(24)16-10-18(26-2)12-19(11-16)27-3/h4-7,10-12,14H,8-9,13H2,1-3H3,(H,22,24).